The highest BCUT2D eigenvalue weighted by atomic mass is 17.0. The second-order valence-electron chi connectivity index (χ2n) is 4.47. The number of amides is 1. The minimum absolute atomic E-state index is 0.0168. The van der Waals surface area contributed by atoms with Gasteiger partial charge < -0.3 is 24.7 Å². The molecule has 0 saturated heterocycles. The van der Waals surface area contributed by atoms with Crippen LogP contribution in [0.5, 0.6) is 0 Å². The summed E-state index contributed by atoms with van der Waals surface area (Å²) in [6, 6.07) is -1.01. The first-order valence-electron chi connectivity index (χ1n) is 6.34. The van der Waals surface area contributed by atoms with Crippen molar-refractivity contribution < 1.29 is 34.1 Å². The van der Waals surface area contributed by atoms with Gasteiger partial charge in [-0.25, -0.2) is 9.59 Å². The van der Waals surface area contributed by atoms with E-state index in [0.717, 1.165) is 0 Å². The fraction of sp³-hybridized carbons (Fsp3) is 0.818. The number of alkyl carbamates (subject to hydrolysis) is 1. The van der Waals surface area contributed by atoms with Crippen LogP contribution in [0.1, 0.15) is 20.3 Å². The topological polar surface area (TPSA) is 137 Å². The summed E-state index contributed by atoms with van der Waals surface area (Å²) in [5, 5.41) is 20.0. The molecule has 2 N–H and O–H groups in total. The quantitative estimate of drug-likeness (QED) is 0.318. The number of nitrogens with zero attached hydrogens (tertiary/aromatic N) is 1. The van der Waals surface area contributed by atoms with Crippen molar-refractivity contribution in [2.24, 2.45) is 5.92 Å². The average molecular weight is 308 g/mol. The number of aliphatic carboxylic acids is 1. The number of nitrogens with one attached hydrogen (secondary N) is 1. The first-order valence-corrected chi connectivity index (χ1v) is 6.34. The highest BCUT2D eigenvalue weighted by Gasteiger charge is 2.21. The summed E-state index contributed by atoms with van der Waals surface area (Å²) < 4.78 is 9.62. The molecule has 0 aromatic rings. The molecule has 0 saturated carbocycles. The number of hydrogen-bond donors (Lipinski definition) is 2. The van der Waals surface area contributed by atoms with E-state index in [2.05, 4.69) is 10.2 Å². The van der Waals surface area contributed by atoms with E-state index in [9.17, 15) is 19.7 Å². The lowest BCUT2D eigenvalue weighted by Crippen LogP contribution is -2.42. The van der Waals surface area contributed by atoms with E-state index in [1.165, 1.54) is 0 Å². The molecule has 0 radical (unpaired) electrons. The highest BCUT2D eigenvalue weighted by Crippen LogP contribution is 2.05. The van der Waals surface area contributed by atoms with Gasteiger partial charge in [0, 0.05) is 0 Å². The molecule has 1 atom stereocenters. The molecule has 21 heavy (non-hydrogen) atoms. The van der Waals surface area contributed by atoms with Gasteiger partial charge in [0.1, 0.15) is 19.3 Å². The van der Waals surface area contributed by atoms with Crippen molar-refractivity contribution in [1.82, 2.24) is 5.32 Å². The Morgan fingerprint density at radius 1 is 1.24 bits per heavy atom. The lowest BCUT2D eigenvalue weighted by Gasteiger charge is -2.16. The molecule has 1 unspecified atom stereocenters. The molecule has 0 aromatic carbocycles. The molecule has 0 aliphatic rings. The van der Waals surface area contributed by atoms with Crippen LogP contribution < -0.4 is 5.32 Å². The average Bonchev–Trinajstić information content (AvgIpc) is 2.35. The van der Waals surface area contributed by atoms with Gasteiger partial charge in [0.15, 0.2) is 0 Å². The van der Waals surface area contributed by atoms with E-state index in [-0.39, 0.29) is 32.3 Å². The first kappa shape index (κ1) is 18.9. The molecular weight excluding hydrogens is 288 g/mol. The van der Waals surface area contributed by atoms with Crippen LogP contribution >= 0.6 is 0 Å². The molecule has 0 bridgehead atoms. The van der Waals surface area contributed by atoms with E-state index in [0.29, 0.717) is 6.42 Å². The summed E-state index contributed by atoms with van der Waals surface area (Å²) in [4.78, 5) is 36.1. The van der Waals surface area contributed by atoms with Crippen LogP contribution in [-0.4, -0.2) is 54.7 Å². The van der Waals surface area contributed by atoms with Crippen LogP contribution in [0.3, 0.4) is 0 Å². The van der Waals surface area contributed by atoms with Gasteiger partial charge in [-0.05, 0) is 12.3 Å². The highest BCUT2D eigenvalue weighted by molar-refractivity contribution is 5.79. The molecule has 10 heteroatoms. The maximum atomic E-state index is 11.4. The third-order valence-corrected chi connectivity index (χ3v) is 2.18. The minimum atomic E-state index is -1.13. The van der Waals surface area contributed by atoms with Crippen molar-refractivity contribution in [2.75, 3.05) is 26.4 Å². The molecule has 1 amide bonds. The lowest BCUT2D eigenvalue weighted by atomic mass is 10.0. The number of carbonyl (C=O) groups excluding carboxylic acids is 1. The third-order valence-electron chi connectivity index (χ3n) is 2.18. The fourth-order valence-electron chi connectivity index (χ4n) is 1.34. The molecule has 0 heterocycles. The number of carbonyl (C=O) groups is 2. The molecule has 0 aliphatic heterocycles. The second kappa shape index (κ2) is 10.7. The zero-order chi connectivity index (χ0) is 16.3. The predicted molar refractivity (Wildman–Crippen MR) is 69.1 cm³/mol. The monoisotopic (exact) mass is 308 g/mol. The Balaban J connectivity index is 3.73. The molecular formula is C11H20N2O8. The minimum Gasteiger partial charge on any atom is -0.480 e. The van der Waals surface area contributed by atoms with Gasteiger partial charge in [0.25, 0.3) is 5.09 Å². The van der Waals surface area contributed by atoms with E-state index in [1.54, 1.807) is 0 Å². The van der Waals surface area contributed by atoms with Crippen molar-refractivity contribution >= 4 is 12.1 Å². The van der Waals surface area contributed by atoms with Gasteiger partial charge in [-0.15, -0.1) is 10.1 Å². The number of carboxylic acid groups (broad SMARTS) is 1. The zero-order valence-electron chi connectivity index (χ0n) is 11.9. The van der Waals surface area contributed by atoms with E-state index >= 15 is 0 Å². The Morgan fingerprint density at radius 3 is 2.38 bits per heavy atom. The number of hydrogen-bond acceptors (Lipinski definition) is 7. The van der Waals surface area contributed by atoms with Gasteiger partial charge in [0.05, 0.1) is 13.2 Å². The smallest absolute Gasteiger partial charge is 0.407 e. The van der Waals surface area contributed by atoms with Crippen LogP contribution in [0.2, 0.25) is 0 Å². The molecule has 0 aliphatic carbocycles. The van der Waals surface area contributed by atoms with Crippen LogP contribution in [0.4, 0.5) is 4.79 Å². The lowest BCUT2D eigenvalue weighted by molar-refractivity contribution is -0.758. The van der Waals surface area contributed by atoms with Gasteiger partial charge >= 0.3 is 12.1 Å². The number of carboxylic acids is 1. The van der Waals surface area contributed by atoms with E-state index < -0.39 is 23.2 Å². The van der Waals surface area contributed by atoms with Crippen LogP contribution in [0, 0.1) is 16.0 Å². The Hall–Kier alpha value is -2.10. The van der Waals surface area contributed by atoms with Crippen LogP contribution in [-0.2, 0) is 19.1 Å². The van der Waals surface area contributed by atoms with Crippen molar-refractivity contribution in [1.29, 1.82) is 0 Å². The van der Waals surface area contributed by atoms with E-state index in [4.69, 9.17) is 14.6 Å². The van der Waals surface area contributed by atoms with Crippen LogP contribution in [0.25, 0.3) is 0 Å². The summed E-state index contributed by atoms with van der Waals surface area (Å²) in [6.07, 6.45) is -0.563. The van der Waals surface area contributed by atoms with Gasteiger partial charge in [0.2, 0.25) is 0 Å². The summed E-state index contributed by atoms with van der Waals surface area (Å²) in [5.74, 6) is -1.02. The molecule has 0 spiro atoms. The maximum Gasteiger partial charge on any atom is 0.407 e. The van der Waals surface area contributed by atoms with E-state index in [1.807, 2.05) is 13.8 Å². The molecule has 122 valence electrons. The van der Waals surface area contributed by atoms with Crippen molar-refractivity contribution in [2.45, 2.75) is 26.3 Å². The van der Waals surface area contributed by atoms with Crippen LogP contribution in [0.15, 0.2) is 0 Å². The predicted octanol–water partition coefficient (Wildman–Crippen LogP) is 0.437. The summed E-state index contributed by atoms with van der Waals surface area (Å²) in [7, 11) is 0. The number of ether oxygens (including phenoxy) is 2. The molecule has 0 fully saturated rings. The van der Waals surface area contributed by atoms with Crippen molar-refractivity contribution in [3.05, 3.63) is 10.1 Å². The maximum absolute atomic E-state index is 11.4. The number of rotatable bonds is 11. The van der Waals surface area contributed by atoms with Gasteiger partial charge in [-0.1, -0.05) is 13.8 Å². The fourth-order valence-corrected chi connectivity index (χ4v) is 1.34. The Morgan fingerprint density at radius 2 is 1.86 bits per heavy atom. The molecule has 10 nitrogen and oxygen atoms in total. The van der Waals surface area contributed by atoms with Crippen molar-refractivity contribution in [3.63, 3.8) is 0 Å². The Kier molecular flexibility index (Phi) is 9.59. The second-order valence-corrected chi connectivity index (χ2v) is 4.47. The standard InChI is InChI=1S/C11H20N2O8/c1-8(2)7-9(10(14)15)12-11(16)20-5-3-19-4-6-21-13(17)18/h8-9H,3-7H2,1-2H3,(H,12,16)(H,14,15). The van der Waals surface area contributed by atoms with Gasteiger partial charge in [-0.2, -0.15) is 0 Å². The summed E-state index contributed by atoms with van der Waals surface area (Å²) in [6.45, 7) is 3.37. The normalized spacial score (nSPS) is 11.8. The summed E-state index contributed by atoms with van der Waals surface area (Å²) in [5.41, 5.74) is 0. The van der Waals surface area contributed by atoms with Gasteiger partial charge in [-0.3, -0.25) is 0 Å². The summed E-state index contributed by atoms with van der Waals surface area (Å²) >= 11 is 0. The molecule has 0 rings (SSSR count). The first-order chi connectivity index (χ1) is 9.82. The Bertz CT molecular complexity index is 347. The third kappa shape index (κ3) is 11.4. The Labute approximate surface area is 121 Å². The SMILES string of the molecule is CC(C)CC(NC(=O)OCCOCCO[N+](=O)[O-])C(=O)O. The largest absolute Gasteiger partial charge is 0.480 e. The van der Waals surface area contributed by atoms with Crippen molar-refractivity contribution in [3.8, 4) is 0 Å². The zero-order valence-corrected chi connectivity index (χ0v) is 11.9. The molecule has 0 aromatic heterocycles.